The van der Waals surface area contributed by atoms with Crippen molar-refractivity contribution in [3.63, 3.8) is 0 Å². The summed E-state index contributed by atoms with van der Waals surface area (Å²) in [5, 5.41) is 22.5. The van der Waals surface area contributed by atoms with Crippen molar-refractivity contribution in [1.82, 2.24) is 5.32 Å². The molecule has 0 radical (unpaired) electrons. The summed E-state index contributed by atoms with van der Waals surface area (Å²) >= 11 is 0. The van der Waals surface area contributed by atoms with Gasteiger partial charge in [-0.2, -0.15) is 0 Å². The van der Waals surface area contributed by atoms with E-state index < -0.39 is 12.1 Å². The first kappa shape index (κ1) is 34.9. The van der Waals surface area contributed by atoms with Gasteiger partial charge < -0.3 is 15.5 Å². The SMILES string of the molecule is CCCCCC/C=C/C(O)C(CO)NC(=O)CCCCCCCCC/C=C\CCCCCCCCC. The molecule has 0 aromatic heterocycles. The van der Waals surface area contributed by atoms with Crippen LogP contribution in [-0.4, -0.2) is 34.9 Å². The molecule has 0 heterocycles. The lowest BCUT2D eigenvalue weighted by Crippen LogP contribution is -2.45. The average Bonchev–Trinajstić information content (AvgIpc) is 2.88. The third kappa shape index (κ3) is 24.6. The van der Waals surface area contributed by atoms with Gasteiger partial charge in [-0.15, -0.1) is 0 Å². The molecule has 1 amide bonds. The lowest BCUT2D eigenvalue weighted by Gasteiger charge is -2.20. The van der Waals surface area contributed by atoms with Gasteiger partial charge in [0.05, 0.1) is 18.8 Å². The van der Waals surface area contributed by atoms with Crippen molar-refractivity contribution in [2.24, 2.45) is 0 Å². The van der Waals surface area contributed by atoms with E-state index in [2.05, 4.69) is 31.3 Å². The zero-order valence-electron chi connectivity index (χ0n) is 24.0. The Bertz CT molecular complexity index is 518. The third-order valence-corrected chi connectivity index (χ3v) is 6.93. The number of carbonyl (C=O) groups is 1. The van der Waals surface area contributed by atoms with Crippen LogP contribution in [0.5, 0.6) is 0 Å². The molecule has 0 saturated carbocycles. The summed E-state index contributed by atoms with van der Waals surface area (Å²) in [4.78, 5) is 12.2. The molecule has 2 atom stereocenters. The van der Waals surface area contributed by atoms with Gasteiger partial charge in [-0.25, -0.2) is 0 Å². The highest BCUT2D eigenvalue weighted by molar-refractivity contribution is 5.76. The summed E-state index contributed by atoms with van der Waals surface area (Å²) in [6, 6.07) is -0.617. The minimum absolute atomic E-state index is 0.0762. The minimum atomic E-state index is -0.833. The number of hydrogen-bond acceptors (Lipinski definition) is 3. The predicted octanol–water partition coefficient (Wildman–Crippen LogP) is 8.56. The number of unbranched alkanes of at least 4 members (excludes halogenated alkanes) is 18. The van der Waals surface area contributed by atoms with Crippen LogP contribution in [0.25, 0.3) is 0 Å². The Morgan fingerprint density at radius 2 is 1.06 bits per heavy atom. The maximum Gasteiger partial charge on any atom is 0.220 e. The Hall–Kier alpha value is -1.13. The van der Waals surface area contributed by atoms with E-state index >= 15 is 0 Å². The summed E-state index contributed by atoms with van der Waals surface area (Å²) in [6.07, 6.45) is 34.1. The monoisotopic (exact) mass is 507 g/mol. The van der Waals surface area contributed by atoms with E-state index in [0.29, 0.717) is 6.42 Å². The first-order valence-corrected chi connectivity index (χ1v) is 15.6. The topological polar surface area (TPSA) is 69.6 Å². The van der Waals surface area contributed by atoms with Crippen LogP contribution in [0.3, 0.4) is 0 Å². The maximum atomic E-state index is 12.2. The highest BCUT2D eigenvalue weighted by Gasteiger charge is 2.17. The number of carbonyl (C=O) groups excluding carboxylic acids is 1. The van der Waals surface area contributed by atoms with Crippen molar-refractivity contribution in [2.45, 2.75) is 167 Å². The molecule has 4 heteroatoms. The predicted molar refractivity (Wildman–Crippen MR) is 156 cm³/mol. The smallest absolute Gasteiger partial charge is 0.220 e. The Morgan fingerprint density at radius 3 is 1.56 bits per heavy atom. The van der Waals surface area contributed by atoms with Crippen LogP contribution in [-0.2, 0) is 4.79 Å². The van der Waals surface area contributed by atoms with Crippen molar-refractivity contribution >= 4 is 5.91 Å². The van der Waals surface area contributed by atoms with Crippen molar-refractivity contribution in [3.8, 4) is 0 Å². The maximum absolute atomic E-state index is 12.2. The normalized spacial score (nSPS) is 13.6. The number of hydrogen-bond donors (Lipinski definition) is 3. The van der Waals surface area contributed by atoms with Gasteiger partial charge in [-0.1, -0.05) is 128 Å². The lowest BCUT2D eigenvalue weighted by molar-refractivity contribution is -0.123. The Kier molecular flexibility index (Phi) is 27.5. The van der Waals surface area contributed by atoms with Crippen LogP contribution in [0.1, 0.15) is 155 Å². The van der Waals surface area contributed by atoms with E-state index in [1.807, 2.05) is 6.08 Å². The summed E-state index contributed by atoms with van der Waals surface area (Å²) in [7, 11) is 0. The van der Waals surface area contributed by atoms with Crippen molar-refractivity contribution < 1.29 is 15.0 Å². The fourth-order valence-electron chi connectivity index (χ4n) is 4.46. The molecule has 0 aromatic carbocycles. The number of allylic oxidation sites excluding steroid dienone is 3. The van der Waals surface area contributed by atoms with E-state index in [9.17, 15) is 15.0 Å². The second-order valence-electron chi connectivity index (χ2n) is 10.5. The molecule has 0 saturated heterocycles. The van der Waals surface area contributed by atoms with Gasteiger partial charge in [0, 0.05) is 6.42 Å². The Balaban J connectivity index is 3.57. The Labute approximate surface area is 224 Å². The van der Waals surface area contributed by atoms with Crippen molar-refractivity contribution in [3.05, 3.63) is 24.3 Å². The third-order valence-electron chi connectivity index (χ3n) is 6.93. The molecular formula is C32H61NO3. The molecule has 212 valence electrons. The number of rotatable bonds is 27. The van der Waals surface area contributed by atoms with E-state index in [4.69, 9.17) is 0 Å². The van der Waals surface area contributed by atoms with E-state index in [-0.39, 0.29) is 12.5 Å². The summed E-state index contributed by atoms with van der Waals surface area (Å²) < 4.78 is 0. The number of aliphatic hydroxyl groups is 2. The molecule has 3 N–H and O–H groups in total. The van der Waals surface area contributed by atoms with Crippen molar-refractivity contribution in [2.75, 3.05) is 6.61 Å². The van der Waals surface area contributed by atoms with Gasteiger partial charge >= 0.3 is 0 Å². The van der Waals surface area contributed by atoms with E-state index in [0.717, 1.165) is 25.7 Å². The van der Waals surface area contributed by atoms with E-state index in [1.165, 1.54) is 109 Å². The molecule has 2 unspecified atom stereocenters. The van der Waals surface area contributed by atoms with Gasteiger partial charge in [0.2, 0.25) is 5.91 Å². The second kappa shape index (κ2) is 28.4. The van der Waals surface area contributed by atoms with Crippen LogP contribution >= 0.6 is 0 Å². The zero-order valence-corrected chi connectivity index (χ0v) is 24.0. The fraction of sp³-hybridized carbons (Fsp3) is 0.844. The number of aliphatic hydroxyl groups excluding tert-OH is 2. The largest absolute Gasteiger partial charge is 0.394 e. The van der Waals surface area contributed by atoms with Crippen LogP contribution in [0, 0.1) is 0 Å². The summed E-state index contributed by atoms with van der Waals surface area (Å²) in [5.41, 5.74) is 0. The van der Waals surface area contributed by atoms with E-state index in [1.54, 1.807) is 6.08 Å². The van der Waals surface area contributed by atoms with Gasteiger partial charge in [-0.05, 0) is 44.9 Å². The molecule has 0 aliphatic rings. The van der Waals surface area contributed by atoms with Crippen LogP contribution in [0.15, 0.2) is 24.3 Å². The molecule has 0 aliphatic carbocycles. The second-order valence-corrected chi connectivity index (χ2v) is 10.5. The van der Waals surface area contributed by atoms with Gasteiger partial charge in [0.15, 0.2) is 0 Å². The van der Waals surface area contributed by atoms with Gasteiger partial charge in [0.1, 0.15) is 0 Å². The Morgan fingerprint density at radius 1 is 0.639 bits per heavy atom. The molecule has 0 fully saturated rings. The molecule has 0 rings (SSSR count). The zero-order chi connectivity index (χ0) is 26.5. The average molecular weight is 508 g/mol. The van der Waals surface area contributed by atoms with Crippen LogP contribution in [0.4, 0.5) is 0 Å². The van der Waals surface area contributed by atoms with Crippen LogP contribution < -0.4 is 5.32 Å². The van der Waals surface area contributed by atoms with Gasteiger partial charge in [0.25, 0.3) is 0 Å². The molecule has 0 aliphatic heterocycles. The van der Waals surface area contributed by atoms with Gasteiger partial charge in [-0.3, -0.25) is 4.79 Å². The van der Waals surface area contributed by atoms with Crippen LogP contribution in [0.2, 0.25) is 0 Å². The highest BCUT2D eigenvalue weighted by Crippen LogP contribution is 2.12. The molecule has 0 bridgehead atoms. The first-order chi connectivity index (χ1) is 17.7. The number of nitrogens with one attached hydrogen (secondary N) is 1. The van der Waals surface area contributed by atoms with Crippen molar-refractivity contribution in [1.29, 1.82) is 0 Å². The standard InChI is InChI=1S/C32H61NO3/c1-3-5-7-9-11-12-13-14-15-16-17-18-19-20-21-22-24-26-28-32(36)33-30(29-34)31(35)27-25-23-10-8-6-4-2/h15-16,25,27,30-31,34-35H,3-14,17-24,26,28-29H2,1-2H3,(H,33,36)/b16-15-,27-25+. The quantitative estimate of drug-likeness (QED) is 0.0770. The molecule has 36 heavy (non-hydrogen) atoms. The fourth-order valence-corrected chi connectivity index (χ4v) is 4.46. The first-order valence-electron chi connectivity index (χ1n) is 15.6. The lowest BCUT2D eigenvalue weighted by atomic mass is 10.1. The highest BCUT2D eigenvalue weighted by atomic mass is 16.3. The molecular weight excluding hydrogens is 446 g/mol. The summed E-state index contributed by atoms with van der Waals surface area (Å²) in [5.74, 6) is -0.0762. The summed E-state index contributed by atoms with van der Waals surface area (Å²) in [6.45, 7) is 4.21. The molecule has 0 spiro atoms. The molecule has 0 aromatic rings. The molecule has 4 nitrogen and oxygen atoms in total. The number of amides is 1. The minimum Gasteiger partial charge on any atom is -0.394 e.